The number of anilines is 2. The molecule has 4 atom stereocenters. The monoisotopic (exact) mass is 425 g/mol. The number of ether oxygens (including phenoxy) is 2. The van der Waals surface area contributed by atoms with Gasteiger partial charge in [-0.3, -0.25) is 4.57 Å². The molecule has 3 heterocycles. The van der Waals surface area contributed by atoms with E-state index in [1.807, 2.05) is 0 Å². The Bertz CT molecular complexity index is 906. The molecule has 0 unspecified atom stereocenters. The lowest BCUT2D eigenvalue weighted by atomic mass is 10.0. The molecule has 2 aliphatic rings. The van der Waals surface area contributed by atoms with E-state index in [0.717, 1.165) is 0 Å². The van der Waals surface area contributed by atoms with Gasteiger partial charge >= 0.3 is 5.69 Å². The van der Waals surface area contributed by atoms with Gasteiger partial charge in [0.25, 0.3) is 0 Å². The van der Waals surface area contributed by atoms with Gasteiger partial charge in [-0.1, -0.05) is 12.1 Å². The third kappa shape index (κ3) is 2.61. The van der Waals surface area contributed by atoms with Crippen molar-refractivity contribution in [1.29, 1.82) is 0 Å². The van der Waals surface area contributed by atoms with E-state index in [1.54, 1.807) is 18.2 Å². The highest BCUT2D eigenvalue weighted by Crippen LogP contribution is 2.44. The Morgan fingerprint density at radius 1 is 1.42 bits per heavy atom. The molecule has 2 fully saturated rings. The maximum absolute atomic E-state index is 12.5. The quantitative estimate of drug-likeness (QED) is 0.520. The Labute approximate surface area is 156 Å². The number of nitrogens with one attached hydrogen (secondary N) is 1. The highest BCUT2D eigenvalue weighted by atomic mass is 79.9. The number of aromatic nitrogens is 2. The van der Waals surface area contributed by atoms with Crippen LogP contribution >= 0.6 is 15.9 Å². The van der Waals surface area contributed by atoms with Crippen LogP contribution in [0.1, 0.15) is 6.23 Å². The summed E-state index contributed by atoms with van der Waals surface area (Å²) in [5, 5.41) is 32.5. The van der Waals surface area contributed by atoms with Gasteiger partial charge in [-0.25, -0.2) is 4.79 Å². The van der Waals surface area contributed by atoms with Gasteiger partial charge in [-0.2, -0.15) is 4.98 Å². The van der Waals surface area contributed by atoms with Gasteiger partial charge in [0.05, 0.1) is 23.4 Å². The summed E-state index contributed by atoms with van der Waals surface area (Å²) in [4.78, 5) is 16.4. The number of para-hydroxylation sites is 2. The number of aliphatic hydroxyl groups excluding tert-OH is 2. The minimum atomic E-state index is -1.23. The maximum atomic E-state index is 12.5. The summed E-state index contributed by atoms with van der Waals surface area (Å²) in [6.07, 6.45) is -1.25. The molecule has 0 spiro atoms. The van der Waals surface area contributed by atoms with Crippen LogP contribution in [-0.4, -0.2) is 55.9 Å². The number of phenolic OH excluding ortho intramolecular Hbond substituents is 1. The fraction of sp³-hybridized carbons (Fsp3) is 0.375. The number of hydrogen-bond acceptors (Lipinski definition) is 8. The van der Waals surface area contributed by atoms with Crippen molar-refractivity contribution in [3.63, 3.8) is 0 Å². The number of aromatic hydroxyl groups is 1. The minimum Gasteiger partial charge on any atom is -0.506 e. The molecular weight excluding hydrogens is 410 g/mol. The predicted molar refractivity (Wildman–Crippen MR) is 93.3 cm³/mol. The predicted octanol–water partition coefficient (Wildman–Crippen LogP) is 0.475. The molecule has 26 heavy (non-hydrogen) atoms. The van der Waals surface area contributed by atoms with E-state index in [2.05, 4.69) is 26.2 Å². The lowest BCUT2D eigenvalue weighted by Crippen LogP contribution is -2.44. The zero-order valence-corrected chi connectivity index (χ0v) is 15.0. The van der Waals surface area contributed by atoms with Gasteiger partial charge in [-0.15, -0.1) is 0 Å². The molecule has 0 aliphatic carbocycles. The second-order valence-corrected chi connectivity index (χ2v) is 7.08. The molecule has 2 bridgehead atoms. The molecule has 4 N–H and O–H groups in total. The van der Waals surface area contributed by atoms with Crippen molar-refractivity contribution in [3.05, 3.63) is 45.4 Å². The van der Waals surface area contributed by atoms with Crippen LogP contribution in [0, 0.1) is 0 Å². The highest BCUT2D eigenvalue weighted by Gasteiger charge is 2.61. The van der Waals surface area contributed by atoms with Crippen LogP contribution < -0.4 is 11.0 Å². The normalized spacial score (nSPS) is 29.9. The smallest absolute Gasteiger partial charge is 0.351 e. The Balaban J connectivity index is 1.65. The summed E-state index contributed by atoms with van der Waals surface area (Å²) in [5.74, 6) is 0.234. The molecule has 2 aromatic rings. The standard InChI is InChI=1S/C16H16BrN3O6/c17-8-5-20(14-11-12(23)16(6-21,26-14)7-25-11)15(24)19-13(8)18-9-3-1-2-4-10(9)22/h1-5,11-12,14,21-23H,6-7H2,(H,18,19,24)/t11-,12+,14-,16+/m1/s1. The second kappa shape index (κ2) is 6.32. The van der Waals surface area contributed by atoms with Crippen LogP contribution in [0.4, 0.5) is 11.5 Å². The summed E-state index contributed by atoms with van der Waals surface area (Å²) < 4.78 is 12.8. The molecule has 0 amide bonds. The average molecular weight is 426 g/mol. The average Bonchev–Trinajstić information content (AvgIpc) is 3.10. The van der Waals surface area contributed by atoms with E-state index in [0.29, 0.717) is 10.2 Å². The minimum absolute atomic E-state index is 0.0169. The fourth-order valence-corrected chi connectivity index (χ4v) is 3.58. The van der Waals surface area contributed by atoms with E-state index in [9.17, 15) is 20.1 Å². The Morgan fingerprint density at radius 3 is 2.88 bits per heavy atom. The number of halogens is 1. The Hall–Kier alpha value is -1.98. The highest BCUT2D eigenvalue weighted by molar-refractivity contribution is 9.10. The number of nitrogens with zero attached hydrogens (tertiary/aromatic N) is 2. The molecule has 9 nitrogen and oxygen atoms in total. The van der Waals surface area contributed by atoms with Crippen LogP contribution in [0.15, 0.2) is 39.7 Å². The number of rotatable bonds is 4. The van der Waals surface area contributed by atoms with Crippen LogP contribution in [0.5, 0.6) is 5.75 Å². The van der Waals surface area contributed by atoms with Crippen LogP contribution in [0.2, 0.25) is 0 Å². The first-order valence-electron chi connectivity index (χ1n) is 7.87. The van der Waals surface area contributed by atoms with E-state index in [4.69, 9.17) is 9.47 Å². The summed E-state index contributed by atoms with van der Waals surface area (Å²) in [6, 6.07) is 6.56. The van der Waals surface area contributed by atoms with Crippen molar-refractivity contribution in [2.75, 3.05) is 18.5 Å². The number of aliphatic hydroxyl groups is 2. The fourth-order valence-electron chi connectivity index (χ4n) is 3.18. The summed E-state index contributed by atoms with van der Waals surface area (Å²) in [5.41, 5.74) is -1.46. The van der Waals surface area contributed by atoms with E-state index in [-0.39, 0.29) is 18.2 Å². The molecular formula is C16H16BrN3O6. The summed E-state index contributed by atoms with van der Waals surface area (Å²) in [7, 11) is 0. The number of fused-ring (bicyclic) bond motifs is 2. The van der Waals surface area contributed by atoms with Crippen molar-refractivity contribution in [2.45, 2.75) is 24.0 Å². The first kappa shape index (κ1) is 17.4. The lowest BCUT2D eigenvalue weighted by molar-refractivity contribution is -0.187. The zero-order valence-electron chi connectivity index (χ0n) is 13.4. The topological polar surface area (TPSA) is 126 Å². The second-order valence-electron chi connectivity index (χ2n) is 6.22. The molecule has 0 radical (unpaired) electrons. The summed E-state index contributed by atoms with van der Waals surface area (Å²) in [6.45, 7) is -0.362. The van der Waals surface area contributed by atoms with Gasteiger partial charge in [-0.05, 0) is 28.1 Å². The molecule has 2 aliphatic heterocycles. The number of hydrogen-bond donors (Lipinski definition) is 4. The van der Waals surface area contributed by atoms with E-state index in [1.165, 1.54) is 16.8 Å². The molecule has 4 rings (SSSR count). The third-order valence-electron chi connectivity index (χ3n) is 4.61. The number of benzene rings is 1. The first-order chi connectivity index (χ1) is 12.4. The van der Waals surface area contributed by atoms with Gasteiger partial charge in [0.2, 0.25) is 0 Å². The molecule has 1 aromatic carbocycles. The Morgan fingerprint density at radius 2 is 2.19 bits per heavy atom. The largest absolute Gasteiger partial charge is 0.506 e. The van der Waals surface area contributed by atoms with Crippen LogP contribution in [0.25, 0.3) is 0 Å². The lowest BCUT2D eigenvalue weighted by Gasteiger charge is -2.29. The van der Waals surface area contributed by atoms with Crippen molar-refractivity contribution >= 4 is 27.4 Å². The van der Waals surface area contributed by atoms with Gasteiger partial charge in [0, 0.05) is 6.20 Å². The van der Waals surface area contributed by atoms with Crippen LogP contribution in [-0.2, 0) is 9.47 Å². The van der Waals surface area contributed by atoms with Crippen molar-refractivity contribution < 1.29 is 24.8 Å². The van der Waals surface area contributed by atoms with Gasteiger partial charge in [0.15, 0.2) is 12.0 Å². The Kier molecular flexibility index (Phi) is 4.24. The SMILES string of the molecule is O=c1nc(Nc2ccccc2O)c(Br)cn1[C@@H]1O[C@@]2(CO)CO[C@@H]1[C@@H]2O. The van der Waals surface area contributed by atoms with Crippen LogP contribution in [0.3, 0.4) is 0 Å². The van der Waals surface area contributed by atoms with Gasteiger partial charge in [0.1, 0.15) is 23.6 Å². The maximum Gasteiger partial charge on any atom is 0.351 e. The first-order valence-corrected chi connectivity index (χ1v) is 8.66. The molecule has 138 valence electrons. The molecule has 0 saturated carbocycles. The third-order valence-corrected chi connectivity index (χ3v) is 5.19. The van der Waals surface area contributed by atoms with E-state index >= 15 is 0 Å². The van der Waals surface area contributed by atoms with Crippen molar-refractivity contribution in [3.8, 4) is 5.75 Å². The zero-order chi connectivity index (χ0) is 18.5. The molecule has 2 saturated heterocycles. The molecule has 10 heteroatoms. The van der Waals surface area contributed by atoms with E-state index < -0.39 is 36.3 Å². The molecule has 1 aromatic heterocycles. The van der Waals surface area contributed by atoms with Crippen molar-refractivity contribution in [1.82, 2.24) is 9.55 Å². The summed E-state index contributed by atoms with van der Waals surface area (Å²) >= 11 is 3.33. The number of phenols is 1. The van der Waals surface area contributed by atoms with Gasteiger partial charge < -0.3 is 30.1 Å². The van der Waals surface area contributed by atoms with Crippen molar-refractivity contribution in [2.24, 2.45) is 0 Å².